The first-order valence-corrected chi connectivity index (χ1v) is 11.5. The second kappa shape index (κ2) is 14.1. The van der Waals surface area contributed by atoms with Gasteiger partial charge < -0.3 is 35.0 Å². The van der Waals surface area contributed by atoms with E-state index in [1.165, 1.54) is 78.3 Å². The van der Waals surface area contributed by atoms with Crippen LogP contribution < -0.4 is 5.11 Å². The van der Waals surface area contributed by atoms with Crippen LogP contribution in [-0.4, -0.2) is 105 Å². The van der Waals surface area contributed by atoms with Crippen LogP contribution in [0.3, 0.4) is 0 Å². The van der Waals surface area contributed by atoms with Gasteiger partial charge in [0.15, 0.2) is 0 Å². The number of hydrogen-bond donors (Lipinski definition) is 0. The van der Waals surface area contributed by atoms with E-state index in [0.717, 1.165) is 6.92 Å². The van der Waals surface area contributed by atoms with Gasteiger partial charge in [-0.1, -0.05) is 0 Å². The first kappa shape index (κ1) is 35.4. The summed E-state index contributed by atoms with van der Waals surface area (Å²) in [6.45, 7) is 13.5. The fraction of sp³-hybridized carbons (Fsp3) is 0.938. The summed E-state index contributed by atoms with van der Waals surface area (Å²) in [6, 6.07) is 0. The van der Waals surface area contributed by atoms with Crippen LogP contribution >= 0.6 is 7.81 Å². The number of likely N-dealkylation sites (N-methyl/N-ethyl adjacent to an activating group) is 2. The number of fused-ring (bicyclic) bond motifs is 3. The monoisotopic (exact) mass is 536 g/mol. The molecule has 2 unspecified atom stereocenters. The third-order valence-electron chi connectivity index (χ3n) is 4.36. The first-order valence-electron chi connectivity index (χ1n) is 9.48. The van der Waals surface area contributed by atoms with Gasteiger partial charge in [0.05, 0.1) is 0 Å². The molecule has 2 aliphatic rings. The average Bonchev–Trinajstić information content (AvgIpc) is 2.50. The van der Waals surface area contributed by atoms with Crippen molar-refractivity contribution in [2.24, 2.45) is 0 Å². The maximum atomic E-state index is 9.87. The van der Waals surface area contributed by atoms with Crippen molar-refractivity contribution in [1.29, 1.82) is 0 Å². The minimum atomic E-state index is -10.7. The Bertz CT molecular complexity index is 465. The molecule has 0 spiro atoms. The van der Waals surface area contributed by atoms with Crippen LogP contribution in [0.1, 0.15) is 19.8 Å². The van der Waals surface area contributed by atoms with Crippen LogP contribution in [0.25, 0.3) is 0 Å². The molecular formula is C16H36CoF6N4O3P+. The van der Waals surface area contributed by atoms with Crippen molar-refractivity contribution < 1.29 is 57.3 Å². The summed E-state index contributed by atoms with van der Waals surface area (Å²) in [5.41, 5.74) is 0. The maximum absolute atomic E-state index is 10.7. The standard InChI is InChI=1S/C14H30N4.C2H4O2.Co.F6P.H2O/c1-15-5-3-7-18-12-10-16(2)6-4-8-17(11-9-15)13-14-18;1-2(3)4;;1-7(2,3,4,5)6;/h3-14H2,1-2H3;1H3,(H,3,4);;;1H2/q;;+2;-1;. The molecule has 2 bridgehead atoms. The van der Waals surface area contributed by atoms with E-state index in [1.807, 2.05) is 0 Å². The fourth-order valence-electron chi connectivity index (χ4n) is 2.93. The molecule has 31 heavy (non-hydrogen) atoms. The zero-order valence-corrected chi connectivity index (χ0v) is 20.2. The molecule has 2 aliphatic heterocycles. The van der Waals surface area contributed by atoms with Crippen molar-refractivity contribution in [3.8, 4) is 0 Å². The largest absolute Gasteiger partial charge is 2.00 e. The minimum absolute atomic E-state index is 0. The number of carboxylic acid groups (broad SMARTS) is 1. The van der Waals surface area contributed by atoms with Gasteiger partial charge in [0.1, 0.15) is 0 Å². The van der Waals surface area contributed by atoms with Gasteiger partial charge in [-0.25, -0.2) is 0 Å². The van der Waals surface area contributed by atoms with Crippen LogP contribution in [0, 0.1) is 0 Å². The van der Waals surface area contributed by atoms with Crippen molar-refractivity contribution in [2.75, 3.05) is 79.5 Å². The molecule has 0 aromatic heterocycles. The SMILES string of the molecule is CC(=O)[O-].CN1CCCN2CCN(C)CCCN(CC1)CC2.F[P-](F)(F)(F)(F)F.[Co+2].[OH3+]. The minimum Gasteiger partial charge on any atom is -0.457 e. The molecule has 0 amide bonds. The van der Waals surface area contributed by atoms with Crippen LogP contribution in [0.4, 0.5) is 25.2 Å². The molecule has 2 rings (SSSR count). The number of carbonyl (C=O) groups excluding carboxylic acids is 1. The van der Waals surface area contributed by atoms with Gasteiger partial charge in [-0.2, -0.15) is 0 Å². The Hall–Kier alpha value is -0.214. The first-order chi connectivity index (χ1) is 12.9. The van der Waals surface area contributed by atoms with Gasteiger partial charge in [-0.05, 0) is 60.0 Å². The summed E-state index contributed by atoms with van der Waals surface area (Å²) in [7, 11) is -6.12. The molecule has 2 heterocycles. The summed E-state index contributed by atoms with van der Waals surface area (Å²) in [5.74, 6) is -1.08. The summed E-state index contributed by atoms with van der Waals surface area (Å²) >= 11 is 0. The van der Waals surface area contributed by atoms with E-state index in [2.05, 4.69) is 33.7 Å². The second-order valence-electron chi connectivity index (χ2n) is 7.45. The van der Waals surface area contributed by atoms with E-state index < -0.39 is 13.8 Å². The van der Waals surface area contributed by atoms with Crippen LogP contribution in [-0.2, 0) is 27.0 Å². The van der Waals surface area contributed by atoms with Crippen molar-refractivity contribution >= 4 is 13.8 Å². The van der Waals surface area contributed by atoms with Crippen molar-refractivity contribution in [3.63, 3.8) is 0 Å². The smallest absolute Gasteiger partial charge is 0.457 e. The van der Waals surface area contributed by atoms with Gasteiger partial charge in [-0.3, -0.25) is 0 Å². The van der Waals surface area contributed by atoms with Gasteiger partial charge in [0, 0.05) is 45.2 Å². The Morgan fingerprint density at radius 1 is 0.677 bits per heavy atom. The Morgan fingerprint density at radius 2 is 0.903 bits per heavy atom. The van der Waals surface area contributed by atoms with Crippen LogP contribution in [0.2, 0.25) is 0 Å². The van der Waals surface area contributed by atoms with E-state index in [4.69, 9.17) is 9.90 Å². The quantitative estimate of drug-likeness (QED) is 0.265. The average molecular weight is 536 g/mol. The molecule has 7 nitrogen and oxygen atoms in total. The summed E-state index contributed by atoms with van der Waals surface area (Å²) < 4.78 is 59.2. The number of aliphatic carboxylic acids is 1. The van der Waals surface area contributed by atoms with E-state index in [9.17, 15) is 25.2 Å². The predicted octanol–water partition coefficient (Wildman–Crippen LogP) is 1.48. The third kappa shape index (κ3) is 32.1. The normalized spacial score (nSPS) is 26.0. The molecule has 0 saturated carbocycles. The Balaban J connectivity index is -0.000000510. The Labute approximate surface area is 190 Å². The summed E-state index contributed by atoms with van der Waals surface area (Å²) in [4.78, 5) is 19.2. The van der Waals surface area contributed by atoms with Crippen LogP contribution in [0.5, 0.6) is 0 Å². The van der Waals surface area contributed by atoms with Gasteiger partial charge in [0.2, 0.25) is 0 Å². The van der Waals surface area contributed by atoms with Crippen molar-refractivity contribution in [2.45, 2.75) is 19.8 Å². The molecule has 193 valence electrons. The maximum Gasteiger partial charge on any atom is 2.00 e. The van der Waals surface area contributed by atoms with E-state index in [1.54, 1.807) is 0 Å². The molecule has 2 fully saturated rings. The Morgan fingerprint density at radius 3 is 1.16 bits per heavy atom. The van der Waals surface area contributed by atoms with Crippen molar-refractivity contribution in [3.05, 3.63) is 0 Å². The molecule has 15 heteroatoms. The van der Waals surface area contributed by atoms with E-state index in [0.29, 0.717) is 0 Å². The number of carboxylic acids is 1. The van der Waals surface area contributed by atoms with Gasteiger partial charge in [-0.15, -0.1) is 0 Å². The van der Waals surface area contributed by atoms with Gasteiger partial charge >= 0.3 is 49.8 Å². The number of hydrogen-bond acceptors (Lipinski definition) is 6. The molecular weight excluding hydrogens is 500 g/mol. The molecule has 3 N–H and O–H groups in total. The van der Waals surface area contributed by atoms with Gasteiger partial charge in [0.25, 0.3) is 0 Å². The third-order valence-corrected chi connectivity index (χ3v) is 4.36. The summed E-state index contributed by atoms with van der Waals surface area (Å²) in [6.07, 6.45) is 2.64. The molecule has 2 saturated heterocycles. The number of rotatable bonds is 0. The van der Waals surface area contributed by atoms with Crippen molar-refractivity contribution in [1.82, 2.24) is 19.6 Å². The zero-order valence-electron chi connectivity index (χ0n) is 18.2. The molecule has 0 aliphatic carbocycles. The number of halogens is 6. The topological polar surface area (TPSA) is 86.1 Å². The molecule has 0 aromatic rings. The molecule has 1 radical (unpaired) electrons. The number of carbonyl (C=O) groups is 1. The Kier molecular flexibility index (Phi) is 16.1. The molecule has 0 aromatic carbocycles. The fourth-order valence-corrected chi connectivity index (χ4v) is 2.93. The predicted molar refractivity (Wildman–Crippen MR) is 106 cm³/mol. The summed E-state index contributed by atoms with van der Waals surface area (Å²) in [5, 5.41) is 8.89. The van der Waals surface area contributed by atoms with E-state index in [-0.39, 0.29) is 22.3 Å². The number of nitrogens with zero attached hydrogens (tertiary/aromatic N) is 4. The van der Waals surface area contributed by atoms with E-state index >= 15 is 0 Å². The zero-order chi connectivity index (χ0) is 22.8. The second-order valence-corrected chi connectivity index (χ2v) is 9.36. The van der Waals surface area contributed by atoms with Crippen LogP contribution in [0.15, 0.2) is 0 Å². The molecule has 2 atom stereocenters.